The fourth-order valence-electron chi connectivity index (χ4n) is 10.7. The third-order valence-electron chi connectivity index (χ3n) is 14.2. The normalized spacial score (nSPS) is 44.5. The number of nitrogens with one attached hydrogen (secondary N) is 1. The van der Waals surface area contributed by atoms with Gasteiger partial charge in [0.25, 0.3) is 0 Å². The quantitative estimate of drug-likeness (QED) is 0.0990. The van der Waals surface area contributed by atoms with E-state index >= 15 is 0 Å². The van der Waals surface area contributed by atoms with Crippen molar-refractivity contribution in [2.45, 2.75) is 151 Å². The first kappa shape index (κ1) is 43.9. The van der Waals surface area contributed by atoms with E-state index in [0.29, 0.717) is 44.2 Å². The molecule has 13 nitrogen and oxygen atoms in total. The van der Waals surface area contributed by atoms with Gasteiger partial charge in [-0.1, -0.05) is 59.9 Å². The number of carboxylic acids is 1. The van der Waals surface area contributed by atoms with E-state index in [2.05, 4.69) is 29.4 Å². The van der Waals surface area contributed by atoms with Crippen LogP contribution in [0.4, 0.5) is 0 Å². The number of ether oxygens (including phenoxy) is 4. The molecule has 0 bridgehead atoms. The summed E-state index contributed by atoms with van der Waals surface area (Å²) >= 11 is 0. The van der Waals surface area contributed by atoms with Gasteiger partial charge in [-0.25, -0.2) is 4.79 Å². The lowest BCUT2D eigenvalue weighted by Crippen LogP contribution is -2.75. The molecule has 4 heterocycles. The Hall–Kier alpha value is -1.21. The van der Waals surface area contributed by atoms with Crippen LogP contribution in [-0.4, -0.2) is 129 Å². The van der Waals surface area contributed by atoms with E-state index < -0.39 is 54.6 Å². The summed E-state index contributed by atoms with van der Waals surface area (Å²) in [6, 6.07) is 0. The minimum Gasteiger partial charge on any atom is -0.479 e. The van der Waals surface area contributed by atoms with Crippen molar-refractivity contribution < 1.29 is 54.4 Å². The zero-order valence-corrected chi connectivity index (χ0v) is 34.8. The summed E-state index contributed by atoms with van der Waals surface area (Å²) in [4.78, 5) is 16.8. The minimum absolute atomic E-state index is 0.00256. The summed E-state index contributed by atoms with van der Waals surface area (Å²) in [5.74, 6) is 0.326. The number of rotatable bonds is 9. The van der Waals surface area contributed by atoms with Crippen LogP contribution in [0.3, 0.4) is 0 Å². The molecule has 0 aromatic rings. The van der Waals surface area contributed by atoms with E-state index in [9.17, 15) is 35.4 Å². The lowest BCUT2D eigenvalue weighted by atomic mass is 9.69. The third-order valence-corrected chi connectivity index (χ3v) is 16.3. The van der Waals surface area contributed by atoms with Crippen LogP contribution in [0.15, 0.2) is 28.8 Å². The molecule has 5 unspecified atom stereocenters. The van der Waals surface area contributed by atoms with Crippen LogP contribution in [0.2, 0.25) is 0 Å². The average Bonchev–Trinajstić information content (AvgIpc) is 3.74. The molecule has 0 radical (unpaired) electrons. The molecule has 6 fully saturated rings. The number of aliphatic hydroxyl groups excluding tert-OH is 4. The standard InChI is InChI=1S/C42H64N2O11S2/c1-24(6-5-9-25-7-3-2-4-8-25)31-20-44-40(50)42(51)38(53-23-57-56-22-33(31)27-16-17-43-19-27)36(47)37(39(48)49)55-41(42)54-29-14-15-30-34(18-29)52-21-32(35(30)46)26-10-12-28(45)13-11-26/h5,9,16-17,19,24-26,28-38,40-41,44-47,50-51H,2-4,6-8,10-15,18,20-23H2,1H3/p+1/t24-,26?,28?,29?,30?,31-,32?,33+,34?,35?,36-,37+,38+,40-,41-,42-/m1/s1. The SMILES string of the molecule is C[C@H](CC=CC1CCCCC1)[C@H]1CN[C@H](O)[C@@]2(O)[C@H](OC3CCC4C(C3)OCC(C3CCC(O)CC3)C4O)O[C@H](C(=O)O)[C@@H](O)[C@@H]2OCSSC[C@H]1C1=C[CH+]N=C1. The summed E-state index contributed by atoms with van der Waals surface area (Å²) in [7, 11) is 3.01. The number of hydrogen-bond donors (Lipinski definition) is 7. The molecule has 3 aliphatic carbocycles. The Morgan fingerprint density at radius 3 is 2.56 bits per heavy atom. The van der Waals surface area contributed by atoms with E-state index in [1.807, 2.05) is 12.3 Å². The van der Waals surface area contributed by atoms with E-state index in [4.69, 9.17) is 18.9 Å². The molecule has 0 spiro atoms. The molecule has 7 aliphatic rings. The lowest BCUT2D eigenvalue weighted by molar-refractivity contribution is -0.371. The Labute approximate surface area is 345 Å². The fraction of sp³-hybridized carbons (Fsp3) is 0.833. The first-order valence-corrected chi connectivity index (χ1v) is 24.0. The summed E-state index contributed by atoms with van der Waals surface area (Å²) in [5, 5.41) is 71.0. The number of nitrogens with zero attached hydrogens (tertiary/aromatic N) is 1. The van der Waals surface area contributed by atoms with Gasteiger partial charge < -0.3 is 49.6 Å². The number of aliphatic hydroxyl groups is 5. The predicted molar refractivity (Wildman–Crippen MR) is 218 cm³/mol. The number of aliphatic imine (C=N–C) groups is 1. The Balaban J connectivity index is 1.08. The monoisotopic (exact) mass is 837 g/mol. The van der Waals surface area contributed by atoms with Crippen molar-refractivity contribution in [1.29, 1.82) is 0 Å². The Morgan fingerprint density at radius 1 is 1.04 bits per heavy atom. The molecule has 14 atom stereocenters. The van der Waals surface area contributed by atoms with Gasteiger partial charge in [-0.3, -0.25) is 5.32 Å². The van der Waals surface area contributed by atoms with Crippen LogP contribution in [-0.2, 0) is 23.7 Å². The second-order valence-electron chi connectivity index (χ2n) is 17.8. The third kappa shape index (κ3) is 10.1. The van der Waals surface area contributed by atoms with Crippen molar-refractivity contribution >= 4 is 33.8 Å². The second kappa shape index (κ2) is 20.1. The number of allylic oxidation sites excluding steroid dienone is 3. The number of aliphatic carboxylic acids is 1. The van der Waals surface area contributed by atoms with Crippen LogP contribution >= 0.6 is 21.6 Å². The van der Waals surface area contributed by atoms with Crippen molar-refractivity contribution in [3.05, 3.63) is 30.3 Å². The van der Waals surface area contributed by atoms with Crippen LogP contribution < -0.4 is 5.32 Å². The van der Waals surface area contributed by atoms with E-state index in [1.165, 1.54) is 42.9 Å². The molecule has 4 aliphatic heterocycles. The average molecular weight is 838 g/mol. The highest BCUT2D eigenvalue weighted by Gasteiger charge is 2.63. The van der Waals surface area contributed by atoms with Gasteiger partial charge in [-0.2, -0.15) is 0 Å². The van der Waals surface area contributed by atoms with Gasteiger partial charge in [0.1, 0.15) is 36.5 Å². The van der Waals surface area contributed by atoms with E-state index in [-0.39, 0.29) is 47.7 Å². The van der Waals surface area contributed by atoms with E-state index in [0.717, 1.165) is 43.4 Å². The molecule has 0 amide bonds. The molecule has 320 valence electrons. The number of fused-ring (bicyclic) bond motifs is 2. The molecule has 3 saturated carbocycles. The first-order chi connectivity index (χ1) is 27.5. The largest absolute Gasteiger partial charge is 0.479 e. The fourth-order valence-corrected chi connectivity index (χ4v) is 12.8. The van der Waals surface area contributed by atoms with Gasteiger partial charge in [0.15, 0.2) is 24.2 Å². The predicted octanol–water partition coefficient (Wildman–Crippen LogP) is 4.21. The Morgan fingerprint density at radius 2 is 1.82 bits per heavy atom. The Bertz CT molecular complexity index is 1410. The Kier molecular flexibility index (Phi) is 15.5. The van der Waals surface area contributed by atoms with Crippen molar-refractivity contribution in [2.75, 3.05) is 24.8 Å². The maximum Gasteiger partial charge on any atom is 0.335 e. The van der Waals surface area contributed by atoms with Crippen molar-refractivity contribution in [3.63, 3.8) is 0 Å². The summed E-state index contributed by atoms with van der Waals surface area (Å²) in [6.07, 6.45) is 10.1. The van der Waals surface area contributed by atoms with Gasteiger partial charge >= 0.3 is 5.97 Å². The van der Waals surface area contributed by atoms with Gasteiger partial charge in [-0.05, 0) is 81.5 Å². The topological polar surface area (TPSA) is 200 Å². The molecule has 57 heavy (non-hydrogen) atoms. The van der Waals surface area contributed by atoms with Gasteiger partial charge in [0.2, 0.25) is 0 Å². The molecule has 0 aromatic heterocycles. The highest BCUT2D eigenvalue weighted by atomic mass is 33.1. The van der Waals surface area contributed by atoms with Crippen molar-refractivity contribution in [2.24, 2.45) is 46.4 Å². The molecular formula is C42H65N2O11S2+. The molecule has 15 heteroatoms. The highest BCUT2D eigenvalue weighted by Crippen LogP contribution is 2.45. The van der Waals surface area contributed by atoms with Gasteiger partial charge in [0, 0.05) is 30.6 Å². The van der Waals surface area contributed by atoms with Crippen LogP contribution in [0.5, 0.6) is 0 Å². The number of carbonyl (C=O) groups is 1. The van der Waals surface area contributed by atoms with Crippen molar-refractivity contribution in [3.8, 4) is 0 Å². The smallest absolute Gasteiger partial charge is 0.335 e. The summed E-state index contributed by atoms with van der Waals surface area (Å²) in [6.45, 7) is 4.71. The number of hydrogen-bond acceptors (Lipinski definition) is 14. The van der Waals surface area contributed by atoms with Crippen LogP contribution in [0.25, 0.3) is 0 Å². The van der Waals surface area contributed by atoms with Crippen LogP contribution in [0.1, 0.15) is 90.4 Å². The molecule has 7 N–H and O–H groups in total. The summed E-state index contributed by atoms with van der Waals surface area (Å²) < 4.78 is 24.9. The zero-order chi connectivity index (χ0) is 40.1. The maximum absolute atomic E-state index is 12.7. The van der Waals surface area contributed by atoms with Gasteiger partial charge in [-0.15, -0.1) is 4.99 Å². The lowest BCUT2D eigenvalue weighted by Gasteiger charge is -2.52. The number of carboxylic acid groups (broad SMARTS) is 1. The second-order valence-corrected chi connectivity index (χ2v) is 20.2. The summed E-state index contributed by atoms with van der Waals surface area (Å²) in [5.41, 5.74) is -1.32. The zero-order valence-electron chi connectivity index (χ0n) is 33.1. The van der Waals surface area contributed by atoms with Gasteiger partial charge in [0.05, 0.1) is 43.0 Å². The maximum atomic E-state index is 12.7. The van der Waals surface area contributed by atoms with Crippen LogP contribution in [0, 0.1) is 48.0 Å². The minimum atomic E-state index is -2.41. The van der Waals surface area contributed by atoms with Crippen molar-refractivity contribution in [1.82, 2.24) is 5.32 Å². The molecule has 0 aromatic carbocycles. The molecular weight excluding hydrogens is 773 g/mol. The molecule has 7 rings (SSSR count). The molecule has 3 saturated heterocycles. The highest BCUT2D eigenvalue weighted by molar-refractivity contribution is 8.76. The van der Waals surface area contributed by atoms with E-state index in [1.54, 1.807) is 17.3 Å². The first-order valence-electron chi connectivity index (χ1n) is 21.5.